The first-order chi connectivity index (χ1) is 9.65. The Morgan fingerprint density at radius 3 is 2.60 bits per heavy atom. The zero-order chi connectivity index (χ0) is 14.1. The van der Waals surface area contributed by atoms with Gasteiger partial charge in [-0.2, -0.15) is 0 Å². The van der Waals surface area contributed by atoms with Crippen LogP contribution < -0.4 is 5.32 Å². The zero-order valence-electron chi connectivity index (χ0n) is 13.1. The summed E-state index contributed by atoms with van der Waals surface area (Å²) in [5.41, 5.74) is 0. The average molecular weight is 278 g/mol. The minimum absolute atomic E-state index is 0.102. The quantitative estimate of drug-likeness (QED) is 0.842. The average Bonchev–Trinajstić information content (AvgIpc) is 2.89. The molecule has 1 aliphatic heterocycles. The Morgan fingerprint density at radius 1 is 1.05 bits per heavy atom. The molecule has 0 spiro atoms. The third-order valence-corrected chi connectivity index (χ3v) is 5.96. The summed E-state index contributed by atoms with van der Waals surface area (Å²) in [5.74, 6) is 1.90. The molecule has 2 aliphatic carbocycles. The van der Waals surface area contributed by atoms with E-state index in [4.69, 9.17) is 0 Å². The largest absolute Gasteiger partial charge is 0.341 e. The van der Waals surface area contributed by atoms with Crippen LogP contribution in [0.5, 0.6) is 0 Å². The van der Waals surface area contributed by atoms with Gasteiger partial charge in [0.15, 0.2) is 0 Å². The SMILES string of the molecule is CC1CCCC(N(C)C(=O)C2CC3CCCCC3N2)C1. The molecule has 0 bridgehead atoms. The van der Waals surface area contributed by atoms with Crippen LogP contribution in [0.4, 0.5) is 0 Å². The molecule has 1 heterocycles. The number of likely N-dealkylation sites (N-methyl/N-ethyl adjacent to an activating group) is 1. The van der Waals surface area contributed by atoms with Gasteiger partial charge in [-0.1, -0.05) is 32.6 Å². The lowest BCUT2D eigenvalue weighted by Crippen LogP contribution is -2.48. The van der Waals surface area contributed by atoms with Crippen molar-refractivity contribution in [3.8, 4) is 0 Å². The molecule has 5 atom stereocenters. The molecule has 0 aromatic heterocycles. The van der Waals surface area contributed by atoms with Gasteiger partial charge in [-0.15, -0.1) is 0 Å². The number of amides is 1. The van der Waals surface area contributed by atoms with Crippen molar-refractivity contribution in [2.45, 2.75) is 82.8 Å². The van der Waals surface area contributed by atoms with Crippen LogP contribution in [0.1, 0.15) is 64.7 Å². The van der Waals surface area contributed by atoms with Gasteiger partial charge in [0.2, 0.25) is 5.91 Å². The van der Waals surface area contributed by atoms with E-state index in [1.807, 2.05) is 7.05 Å². The summed E-state index contributed by atoms with van der Waals surface area (Å²) in [6.07, 6.45) is 11.4. The molecule has 1 N–H and O–H groups in total. The van der Waals surface area contributed by atoms with E-state index in [0.717, 1.165) is 18.3 Å². The Morgan fingerprint density at radius 2 is 1.85 bits per heavy atom. The summed E-state index contributed by atoms with van der Waals surface area (Å²) in [5, 5.41) is 3.63. The summed E-state index contributed by atoms with van der Waals surface area (Å²) >= 11 is 0. The van der Waals surface area contributed by atoms with Crippen LogP contribution in [-0.2, 0) is 4.79 Å². The lowest BCUT2D eigenvalue weighted by atomic mass is 9.84. The molecule has 3 rings (SSSR count). The summed E-state index contributed by atoms with van der Waals surface area (Å²) < 4.78 is 0. The molecule has 3 fully saturated rings. The van der Waals surface area contributed by atoms with Gasteiger partial charge in [0.1, 0.15) is 0 Å². The summed E-state index contributed by atoms with van der Waals surface area (Å²) in [6.45, 7) is 2.33. The highest BCUT2D eigenvalue weighted by Gasteiger charge is 2.40. The monoisotopic (exact) mass is 278 g/mol. The third kappa shape index (κ3) is 2.88. The third-order valence-electron chi connectivity index (χ3n) is 5.96. The minimum Gasteiger partial charge on any atom is -0.341 e. The lowest BCUT2D eigenvalue weighted by molar-refractivity contribution is -0.134. The molecule has 0 aromatic carbocycles. The highest BCUT2D eigenvalue weighted by atomic mass is 16.2. The summed E-state index contributed by atoms with van der Waals surface area (Å²) in [6, 6.07) is 1.21. The molecule has 0 aromatic rings. The first-order valence-electron chi connectivity index (χ1n) is 8.68. The lowest BCUT2D eigenvalue weighted by Gasteiger charge is -2.35. The fourth-order valence-electron chi connectivity index (χ4n) is 4.69. The number of nitrogens with zero attached hydrogens (tertiary/aromatic N) is 1. The highest BCUT2D eigenvalue weighted by Crippen LogP contribution is 2.34. The van der Waals surface area contributed by atoms with Crippen molar-refractivity contribution < 1.29 is 4.79 Å². The summed E-state index contributed by atoms with van der Waals surface area (Å²) in [7, 11) is 2.04. The van der Waals surface area contributed by atoms with Crippen molar-refractivity contribution in [2.75, 3.05) is 7.05 Å². The van der Waals surface area contributed by atoms with Crippen molar-refractivity contribution in [3.63, 3.8) is 0 Å². The van der Waals surface area contributed by atoms with Gasteiger partial charge in [-0.3, -0.25) is 4.79 Å². The van der Waals surface area contributed by atoms with E-state index >= 15 is 0 Å². The van der Waals surface area contributed by atoms with Crippen LogP contribution in [0, 0.1) is 11.8 Å². The van der Waals surface area contributed by atoms with E-state index in [0.29, 0.717) is 18.0 Å². The van der Waals surface area contributed by atoms with E-state index in [1.54, 1.807) is 0 Å². The maximum absolute atomic E-state index is 12.8. The predicted octanol–water partition coefficient (Wildman–Crippen LogP) is 2.94. The predicted molar refractivity (Wildman–Crippen MR) is 81.5 cm³/mol. The van der Waals surface area contributed by atoms with Crippen LogP contribution in [0.15, 0.2) is 0 Å². The second-order valence-corrected chi connectivity index (χ2v) is 7.48. The highest BCUT2D eigenvalue weighted by molar-refractivity contribution is 5.82. The molecule has 1 saturated heterocycles. The van der Waals surface area contributed by atoms with Crippen molar-refractivity contribution in [1.29, 1.82) is 0 Å². The first-order valence-corrected chi connectivity index (χ1v) is 8.68. The van der Waals surface area contributed by atoms with Crippen molar-refractivity contribution in [1.82, 2.24) is 10.2 Å². The number of hydrogen-bond acceptors (Lipinski definition) is 2. The standard InChI is InChI=1S/C17H30N2O/c1-12-6-5-8-14(10-12)19(2)17(20)16-11-13-7-3-4-9-15(13)18-16/h12-16,18H,3-11H2,1-2H3. The molecule has 3 nitrogen and oxygen atoms in total. The molecule has 0 radical (unpaired) electrons. The van der Waals surface area contributed by atoms with Gasteiger partial charge in [-0.05, 0) is 43.9 Å². The van der Waals surface area contributed by atoms with Crippen molar-refractivity contribution in [3.05, 3.63) is 0 Å². The van der Waals surface area contributed by atoms with Gasteiger partial charge in [-0.25, -0.2) is 0 Å². The maximum Gasteiger partial charge on any atom is 0.239 e. The molecule has 5 unspecified atom stereocenters. The van der Waals surface area contributed by atoms with Crippen LogP contribution in [0.3, 0.4) is 0 Å². The van der Waals surface area contributed by atoms with Crippen molar-refractivity contribution >= 4 is 5.91 Å². The Labute approximate surface area is 123 Å². The molecule has 3 heteroatoms. The van der Waals surface area contributed by atoms with Crippen LogP contribution in [0.25, 0.3) is 0 Å². The Bertz CT molecular complexity index is 339. The first kappa shape index (κ1) is 14.4. The molecule has 114 valence electrons. The Kier molecular flexibility index (Phi) is 4.34. The van der Waals surface area contributed by atoms with Crippen LogP contribution >= 0.6 is 0 Å². The number of carbonyl (C=O) groups excluding carboxylic acids is 1. The van der Waals surface area contributed by atoms with Crippen LogP contribution in [-0.4, -0.2) is 36.0 Å². The van der Waals surface area contributed by atoms with Gasteiger partial charge in [0, 0.05) is 19.1 Å². The minimum atomic E-state index is 0.102. The second-order valence-electron chi connectivity index (χ2n) is 7.48. The van der Waals surface area contributed by atoms with E-state index in [2.05, 4.69) is 17.1 Å². The number of fused-ring (bicyclic) bond motifs is 1. The number of rotatable bonds is 2. The Balaban J connectivity index is 1.58. The van der Waals surface area contributed by atoms with E-state index < -0.39 is 0 Å². The fraction of sp³-hybridized carbons (Fsp3) is 0.941. The van der Waals surface area contributed by atoms with Crippen LogP contribution in [0.2, 0.25) is 0 Å². The maximum atomic E-state index is 12.8. The Hall–Kier alpha value is -0.570. The number of hydrogen-bond donors (Lipinski definition) is 1. The second kappa shape index (κ2) is 6.05. The van der Waals surface area contributed by atoms with Gasteiger partial charge in [0.25, 0.3) is 0 Å². The molecule has 2 saturated carbocycles. The van der Waals surface area contributed by atoms with E-state index in [9.17, 15) is 4.79 Å². The normalized spacial score (nSPS) is 41.2. The number of nitrogens with one attached hydrogen (secondary N) is 1. The van der Waals surface area contributed by atoms with Gasteiger partial charge < -0.3 is 10.2 Å². The van der Waals surface area contributed by atoms with Crippen molar-refractivity contribution in [2.24, 2.45) is 11.8 Å². The molecule has 3 aliphatic rings. The van der Waals surface area contributed by atoms with Gasteiger partial charge in [0.05, 0.1) is 6.04 Å². The fourth-order valence-corrected chi connectivity index (χ4v) is 4.69. The summed E-state index contributed by atoms with van der Waals surface area (Å²) in [4.78, 5) is 14.8. The van der Waals surface area contributed by atoms with Gasteiger partial charge >= 0.3 is 0 Å². The number of carbonyl (C=O) groups is 1. The van der Waals surface area contributed by atoms with E-state index in [-0.39, 0.29) is 6.04 Å². The molecular weight excluding hydrogens is 248 g/mol. The smallest absolute Gasteiger partial charge is 0.239 e. The molecule has 1 amide bonds. The molecular formula is C17H30N2O. The van der Waals surface area contributed by atoms with E-state index in [1.165, 1.54) is 51.4 Å². The molecule has 20 heavy (non-hydrogen) atoms. The topological polar surface area (TPSA) is 32.3 Å². The zero-order valence-corrected chi connectivity index (χ0v) is 13.1.